The van der Waals surface area contributed by atoms with Gasteiger partial charge >= 0.3 is 5.97 Å². The van der Waals surface area contributed by atoms with Gasteiger partial charge in [-0.3, -0.25) is 30.5 Å². The van der Waals surface area contributed by atoms with E-state index >= 15 is 0 Å². The fraction of sp³-hybridized carbons (Fsp3) is 0.375. The molecule has 0 unspecified atom stereocenters. The second-order valence-electron chi connectivity index (χ2n) is 13.2. The number of thiophene rings is 1. The number of ether oxygens (including phenoxy) is 3. The van der Waals surface area contributed by atoms with Gasteiger partial charge in [0.2, 0.25) is 5.91 Å². The molecule has 4 aromatic rings. The van der Waals surface area contributed by atoms with E-state index in [1.807, 2.05) is 84.9 Å². The van der Waals surface area contributed by atoms with Gasteiger partial charge in [0.05, 0.1) is 43.4 Å². The molecule has 1 aliphatic rings. The molecular formula is C40H48ClN7O5S. The number of fused-ring (bicyclic) bond motifs is 1. The van der Waals surface area contributed by atoms with Gasteiger partial charge in [-0.25, -0.2) is 9.78 Å². The van der Waals surface area contributed by atoms with Crippen LogP contribution in [0.2, 0.25) is 5.02 Å². The summed E-state index contributed by atoms with van der Waals surface area (Å²) in [5.74, 6) is 0.342. The number of esters is 1. The van der Waals surface area contributed by atoms with Gasteiger partial charge in [-0.15, -0.1) is 11.3 Å². The summed E-state index contributed by atoms with van der Waals surface area (Å²) in [7, 11) is 0. The third-order valence-electron chi connectivity index (χ3n) is 7.89. The summed E-state index contributed by atoms with van der Waals surface area (Å²) < 4.78 is 16.4. The van der Waals surface area contributed by atoms with Crippen molar-refractivity contribution < 1.29 is 23.8 Å². The van der Waals surface area contributed by atoms with E-state index in [0.717, 1.165) is 32.1 Å². The number of carbonyl (C=O) groups excluding carboxylic acids is 2. The molecule has 1 atom stereocenters. The predicted octanol–water partition coefficient (Wildman–Crippen LogP) is 8.66. The van der Waals surface area contributed by atoms with E-state index in [1.165, 1.54) is 17.5 Å². The van der Waals surface area contributed by atoms with Gasteiger partial charge in [0, 0.05) is 33.0 Å². The fourth-order valence-corrected chi connectivity index (χ4v) is 6.75. The van der Waals surface area contributed by atoms with Gasteiger partial charge in [0.1, 0.15) is 40.7 Å². The molecule has 0 fully saturated rings. The number of halogens is 1. The Morgan fingerprint density at radius 3 is 2.26 bits per heavy atom. The van der Waals surface area contributed by atoms with Crippen molar-refractivity contribution in [2.24, 2.45) is 4.99 Å². The monoisotopic (exact) mass is 773 g/mol. The highest BCUT2D eigenvalue weighted by molar-refractivity contribution is 7.17. The predicted molar refractivity (Wildman–Crippen MR) is 217 cm³/mol. The summed E-state index contributed by atoms with van der Waals surface area (Å²) in [5, 5.41) is 21.8. The number of aliphatic imine (C=N–C) groups is 1. The van der Waals surface area contributed by atoms with Crippen LogP contribution in [0.3, 0.4) is 0 Å². The van der Waals surface area contributed by atoms with Gasteiger partial charge in [0.25, 0.3) is 0 Å². The molecule has 286 valence electrons. The van der Waals surface area contributed by atoms with Crippen LogP contribution in [0.4, 0.5) is 10.8 Å². The maximum atomic E-state index is 13.4. The molecule has 0 spiro atoms. The molecule has 0 saturated heterocycles. The first-order valence-corrected chi connectivity index (χ1v) is 18.9. The molecule has 2 aromatic carbocycles. The lowest BCUT2D eigenvalue weighted by Crippen LogP contribution is -2.41. The number of anilines is 2. The first-order chi connectivity index (χ1) is 25.7. The Morgan fingerprint density at radius 2 is 1.65 bits per heavy atom. The van der Waals surface area contributed by atoms with Gasteiger partial charge < -0.3 is 19.5 Å². The average Bonchev–Trinajstić information content (AvgIpc) is 3.34. The number of benzene rings is 2. The molecule has 1 amide bonds. The Kier molecular flexibility index (Phi) is 14.6. The number of rotatable bonds is 12. The highest BCUT2D eigenvalue weighted by atomic mass is 35.5. The highest BCUT2D eigenvalue weighted by Gasteiger charge is 2.35. The van der Waals surface area contributed by atoms with Crippen LogP contribution in [-0.4, -0.2) is 70.7 Å². The summed E-state index contributed by atoms with van der Waals surface area (Å²) in [6.45, 7) is 15.8. The summed E-state index contributed by atoms with van der Waals surface area (Å²) in [4.78, 5) is 41.6. The lowest BCUT2D eigenvalue weighted by Gasteiger charge is -2.24. The number of aryl methyl sites for hydroxylation is 1. The summed E-state index contributed by atoms with van der Waals surface area (Å²) in [6, 6.07) is 13.8. The molecule has 1 aliphatic heterocycles. The zero-order valence-corrected chi connectivity index (χ0v) is 33.6. The number of nitrogens with zero attached hydrogens (tertiary/aromatic N) is 4. The van der Waals surface area contributed by atoms with E-state index in [-0.39, 0.29) is 30.5 Å². The number of amidine groups is 2. The zero-order valence-electron chi connectivity index (χ0n) is 32.0. The van der Waals surface area contributed by atoms with Gasteiger partial charge in [-0.2, -0.15) is 0 Å². The van der Waals surface area contributed by atoms with Gasteiger partial charge in [0.15, 0.2) is 5.82 Å². The van der Waals surface area contributed by atoms with Crippen LogP contribution >= 0.6 is 22.9 Å². The molecule has 3 heterocycles. The SMILES string of the molecule is CC.CC(=N)N1C(=N)[C@H](CC(=O)Nc2cnc(-c3ccc(OCCCOCC(=O)OC(C)(C)C)cc3)cn2)N=C(c2ccc(Cl)cc2)c2c1sc(C)c2C. The molecular weight excluding hydrogens is 726 g/mol. The molecule has 0 aliphatic carbocycles. The smallest absolute Gasteiger partial charge is 0.332 e. The minimum atomic E-state index is -0.872. The van der Waals surface area contributed by atoms with Crippen LogP contribution in [0.15, 0.2) is 65.9 Å². The molecule has 0 saturated carbocycles. The average molecular weight is 774 g/mol. The van der Waals surface area contributed by atoms with E-state index in [4.69, 9.17) is 41.6 Å². The topological polar surface area (TPSA) is 163 Å². The van der Waals surface area contributed by atoms with Crippen molar-refractivity contribution in [1.29, 1.82) is 10.8 Å². The Morgan fingerprint density at radius 1 is 0.981 bits per heavy atom. The Balaban J connectivity index is 0.00000319. The molecule has 12 nitrogen and oxygen atoms in total. The second-order valence-corrected chi connectivity index (χ2v) is 14.8. The summed E-state index contributed by atoms with van der Waals surface area (Å²) in [5.41, 5.74) is 4.18. The number of nitrogens with one attached hydrogen (secondary N) is 3. The fourth-order valence-electron chi connectivity index (χ4n) is 5.40. The van der Waals surface area contributed by atoms with Crippen molar-refractivity contribution in [2.45, 2.75) is 79.9 Å². The Bertz CT molecular complexity index is 1970. The van der Waals surface area contributed by atoms with Crippen LogP contribution in [0, 0.1) is 24.7 Å². The van der Waals surface area contributed by atoms with E-state index in [0.29, 0.717) is 41.8 Å². The van der Waals surface area contributed by atoms with E-state index in [2.05, 4.69) is 15.3 Å². The number of hydrogen-bond acceptors (Lipinski definition) is 11. The van der Waals surface area contributed by atoms with Crippen molar-refractivity contribution in [3.05, 3.63) is 87.5 Å². The molecule has 0 radical (unpaired) electrons. The molecule has 14 heteroatoms. The maximum absolute atomic E-state index is 13.4. The normalized spacial score (nSPS) is 13.9. The lowest BCUT2D eigenvalue weighted by atomic mass is 9.99. The first kappa shape index (κ1) is 41.8. The Labute approximate surface area is 326 Å². The quantitative estimate of drug-likeness (QED) is 0.0558. The van der Waals surface area contributed by atoms with Crippen LogP contribution in [0.5, 0.6) is 5.75 Å². The van der Waals surface area contributed by atoms with Crippen molar-refractivity contribution in [2.75, 3.05) is 30.0 Å². The largest absolute Gasteiger partial charge is 0.494 e. The summed E-state index contributed by atoms with van der Waals surface area (Å²) >= 11 is 7.69. The third-order valence-corrected chi connectivity index (χ3v) is 9.34. The number of aromatic nitrogens is 2. The number of amides is 1. The maximum Gasteiger partial charge on any atom is 0.332 e. The molecule has 2 aromatic heterocycles. The van der Waals surface area contributed by atoms with E-state index in [9.17, 15) is 9.59 Å². The van der Waals surface area contributed by atoms with E-state index < -0.39 is 23.5 Å². The summed E-state index contributed by atoms with van der Waals surface area (Å²) in [6.07, 6.45) is 3.51. The number of carbonyl (C=O) groups is 2. The van der Waals surface area contributed by atoms with Crippen molar-refractivity contribution in [3.63, 3.8) is 0 Å². The molecule has 3 N–H and O–H groups in total. The van der Waals surface area contributed by atoms with Gasteiger partial charge in [-0.05, 0) is 83.5 Å². The van der Waals surface area contributed by atoms with E-state index in [1.54, 1.807) is 30.2 Å². The lowest BCUT2D eigenvalue weighted by molar-refractivity contribution is -0.160. The van der Waals surface area contributed by atoms with Crippen LogP contribution in [0.25, 0.3) is 11.3 Å². The minimum Gasteiger partial charge on any atom is -0.494 e. The molecule has 0 bridgehead atoms. The van der Waals surface area contributed by atoms with Crippen LogP contribution in [0.1, 0.15) is 76.0 Å². The molecule has 5 rings (SSSR count). The van der Waals surface area contributed by atoms with Crippen LogP contribution < -0.4 is 15.0 Å². The molecule has 54 heavy (non-hydrogen) atoms. The van der Waals surface area contributed by atoms with Gasteiger partial charge in [-0.1, -0.05) is 37.6 Å². The van der Waals surface area contributed by atoms with Crippen molar-refractivity contribution in [1.82, 2.24) is 9.97 Å². The van der Waals surface area contributed by atoms with Crippen molar-refractivity contribution in [3.8, 4) is 17.0 Å². The number of hydrogen-bond donors (Lipinski definition) is 3. The Hall–Kier alpha value is -4.98. The standard InChI is InChI=1S/C38H42ClN7O5S.C2H6/c1-22-23(2)52-37-34(22)35(26-8-12-27(39)13-9-26)44-29(36(41)46(37)24(3)40)18-32(47)45-31-20-42-30(19-43-31)25-10-14-28(15-11-25)50-17-7-16-49-21-33(48)51-38(4,5)6;1-2/h8-15,19-20,29,40-41H,7,16-18,21H2,1-6H3,(H,43,45,47);1-2H3/t29-;/m0./s1. The van der Waals surface area contributed by atoms with Crippen molar-refractivity contribution >= 4 is 63.0 Å². The first-order valence-electron chi connectivity index (χ1n) is 17.7. The minimum absolute atomic E-state index is 0.0366. The third kappa shape index (κ3) is 11.0. The zero-order chi connectivity index (χ0) is 39.6. The second kappa shape index (κ2) is 18.9. The van der Waals surface area contributed by atoms with Crippen LogP contribution in [-0.2, 0) is 19.1 Å². The highest BCUT2D eigenvalue weighted by Crippen LogP contribution is 2.40.